The van der Waals surface area contributed by atoms with Crippen molar-refractivity contribution in [3.63, 3.8) is 0 Å². The normalized spacial score (nSPS) is 22.4. The highest BCUT2D eigenvalue weighted by Crippen LogP contribution is 2.41. The molecule has 0 saturated carbocycles. The molecule has 2 rings (SSSR count). The zero-order valence-electron chi connectivity index (χ0n) is 53.4. The SMILES string of the molecule is CCCCCCCCCCCCCCCCS(=O)(=O)CC(CO[C@H]1[C@H](OC(C)=O)[C@@H](OC(C)=O)[C@@H](O[C@]2(OC(C)=O)[C@H](OC(C)=O)[C@@H](OC(C)=O)CO[C@@H]2COC(C)=O)O[C@@H]1COC(C)=O)CS(=O)(=O)CCCCCCCCCCCCCCCC. The van der Waals surface area contributed by atoms with Gasteiger partial charge in [-0.05, 0) is 12.8 Å². The van der Waals surface area contributed by atoms with E-state index in [1.165, 1.54) is 103 Å². The molecule has 500 valence electrons. The average molecular weight is 1270 g/mol. The Kier molecular flexibility index (Phi) is 39.7. The maximum atomic E-state index is 14.0. The number of hydrogen-bond acceptors (Lipinski definition) is 22. The van der Waals surface area contributed by atoms with Crippen LogP contribution in [0.1, 0.15) is 242 Å². The van der Waals surface area contributed by atoms with Crippen LogP contribution < -0.4 is 0 Å². The second kappa shape index (κ2) is 43.7. The first kappa shape index (κ1) is 78.1. The van der Waals surface area contributed by atoms with E-state index in [0.717, 1.165) is 99.8 Å². The van der Waals surface area contributed by atoms with Gasteiger partial charge in [-0.3, -0.25) is 33.6 Å². The van der Waals surface area contributed by atoms with Crippen LogP contribution >= 0.6 is 0 Å². The lowest BCUT2D eigenvalue weighted by atomic mass is 9.93. The molecule has 0 aromatic carbocycles. The van der Waals surface area contributed by atoms with Gasteiger partial charge in [0.2, 0.25) is 12.4 Å². The predicted octanol–water partition coefficient (Wildman–Crippen LogP) is 10.0. The van der Waals surface area contributed by atoms with E-state index in [1.807, 2.05) is 0 Å². The molecule has 0 radical (unpaired) electrons. The lowest BCUT2D eigenvalue weighted by molar-refractivity contribution is -0.419. The van der Waals surface area contributed by atoms with Gasteiger partial charge in [0.1, 0.15) is 25.4 Å². The van der Waals surface area contributed by atoms with Crippen LogP contribution in [0.2, 0.25) is 0 Å². The van der Waals surface area contributed by atoms with Crippen molar-refractivity contribution in [3.05, 3.63) is 0 Å². The Morgan fingerprint density at radius 3 is 1.22 bits per heavy atom. The van der Waals surface area contributed by atoms with E-state index in [1.54, 1.807) is 0 Å². The van der Waals surface area contributed by atoms with Crippen LogP contribution in [0.15, 0.2) is 0 Å². The second-order valence-electron chi connectivity index (χ2n) is 23.3. The zero-order valence-corrected chi connectivity index (χ0v) is 55.1. The predicted molar refractivity (Wildman–Crippen MR) is 321 cm³/mol. The van der Waals surface area contributed by atoms with Gasteiger partial charge in [-0.25, -0.2) is 16.8 Å². The summed E-state index contributed by atoms with van der Waals surface area (Å²) < 4.78 is 121. The van der Waals surface area contributed by atoms with E-state index >= 15 is 0 Å². The van der Waals surface area contributed by atoms with Crippen molar-refractivity contribution in [2.75, 3.05) is 49.4 Å². The molecule has 2 aliphatic rings. The van der Waals surface area contributed by atoms with Gasteiger partial charge in [-0.15, -0.1) is 0 Å². The summed E-state index contributed by atoms with van der Waals surface area (Å²) in [7, 11) is -7.84. The van der Waals surface area contributed by atoms with Gasteiger partial charge < -0.3 is 52.1 Å². The molecule has 0 aromatic rings. The highest BCUT2D eigenvalue weighted by molar-refractivity contribution is 7.92. The fourth-order valence-corrected chi connectivity index (χ4v) is 14.7. The number of carbonyl (C=O) groups is 7. The molecule has 22 nitrogen and oxygen atoms in total. The molecule has 0 aromatic heterocycles. The Labute approximate surface area is 514 Å². The van der Waals surface area contributed by atoms with Gasteiger partial charge >= 0.3 is 41.8 Å². The smallest absolute Gasteiger partial charge is 0.305 e. The Morgan fingerprint density at radius 1 is 0.453 bits per heavy atom. The summed E-state index contributed by atoms with van der Waals surface area (Å²) in [4.78, 5) is 89.5. The van der Waals surface area contributed by atoms with Crippen molar-refractivity contribution >= 4 is 61.5 Å². The summed E-state index contributed by atoms with van der Waals surface area (Å²) in [5.41, 5.74) is 0. The lowest BCUT2D eigenvalue weighted by Crippen LogP contribution is -2.72. The van der Waals surface area contributed by atoms with Gasteiger partial charge in [-0.2, -0.15) is 0 Å². The van der Waals surface area contributed by atoms with Gasteiger partial charge in [0.05, 0.1) is 36.2 Å². The van der Waals surface area contributed by atoms with Crippen molar-refractivity contribution in [2.24, 2.45) is 5.92 Å². The molecule has 0 N–H and O–H groups in total. The van der Waals surface area contributed by atoms with Gasteiger partial charge in [0, 0.05) is 54.4 Å². The largest absolute Gasteiger partial charge is 0.463 e. The molecule has 0 spiro atoms. The molecular formula is C62H108O22S2. The van der Waals surface area contributed by atoms with E-state index < -0.39 is 160 Å². The molecule has 2 heterocycles. The van der Waals surface area contributed by atoms with Crippen LogP contribution in [0.5, 0.6) is 0 Å². The minimum absolute atomic E-state index is 0.204. The molecule has 2 saturated heterocycles. The topological polar surface area (TPSA) is 289 Å². The molecule has 0 aliphatic carbocycles. The van der Waals surface area contributed by atoms with E-state index in [2.05, 4.69) is 13.8 Å². The third-order valence-electron chi connectivity index (χ3n) is 15.1. The molecule has 0 unspecified atom stereocenters. The molecule has 2 aliphatic heterocycles. The van der Waals surface area contributed by atoms with Crippen molar-refractivity contribution < 1.29 is 103 Å². The Balaban J connectivity index is 2.53. The van der Waals surface area contributed by atoms with E-state index in [-0.39, 0.29) is 11.5 Å². The summed E-state index contributed by atoms with van der Waals surface area (Å²) in [5.74, 6) is -12.4. The monoisotopic (exact) mass is 1270 g/mol. The first-order chi connectivity index (χ1) is 40.8. The standard InChI is InChI=1S/C62H108O22S2/c1-10-12-14-16-18-20-22-24-26-28-30-32-34-36-38-85(70,71)44-53(45-86(72,73)39-37-35-33-31-29-27-25-23-21-19-17-15-13-11-2)40-77-57-54(41-74-46(3)63)82-61(59(80-50(7)67)58(57)79-49(6)66)84-62(83-52(9)69)56(43-75-47(4)64)76-42-55(78-48(5)65)60(62)81-51(8)68/h53-61H,10-45H2,1-9H3/t54-,55+,56-,57-,58+,59-,60-,61-,62+/m1/s1. The quantitative estimate of drug-likeness (QED) is 0.0237. The van der Waals surface area contributed by atoms with Crippen molar-refractivity contribution in [1.82, 2.24) is 0 Å². The summed E-state index contributed by atoms with van der Waals surface area (Å²) in [5, 5.41) is 0. The number of unbranched alkanes of at least 4 members (excludes halogenated alkanes) is 26. The Hall–Kier alpha value is -3.97. The fourth-order valence-electron chi connectivity index (χ4n) is 11.0. The minimum Gasteiger partial charge on any atom is -0.463 e. The second-order valence-corrected chi connectivity index (χ2v) is 27.8. The van der Waals surface area contributed by atoms with Gasteiger partial charge in [0.15, 0.2) is 44.1 Å². The number of rotatable bonds is 48. The minimum atomic E-state index is -3.92. The highest BCUT2D eigenvalue weighted by Gasteiger charge is 2.65. The Morgan fingerprint density at radius 2 is 0.837 bits per heavy atom. The average Bonchev–Trinajstić information content (AvgIpc) is 0.809. The van der Waals surface area contributed by atoms with E-state index in [0.29, 0.717) is 25.7 Å². The number of esters is 7. The molecule has 0 bridgehead atoms. The number of sulfone groups is 2. The summed E-state index contributed by atoms with van der Waals surface area (Å²) in [6, 6.07) is 0. The molecule has 86 heavy (non-hydrogen) atoms. The van der Waals surface area contributed by atoms with Crippen molar-refractivity contribution in [3.8, 4) is 0 Å². The van der Waals surface area contributed by atoms with Crippen LogP contribution in [0.25, 0.3) is 0 Å². The molecule has 0 amide bonds. The maximum absolute atomic E-state index is 14.0. The zero-order chi connectivity index (χ0) is 64.0. The lowest BCUT2D eigenvalue weighted by Gasteiger charge is -2.52. The molecule has 24 heteroatoms. The number of hydrogen-bond donors (Lipinski definition) is 0. The van der Waals surface area contributed by atoms with Gasteiger partial charge in [0.25, 0.3) is 5.79 Å². The number of carbonyl (C=O) groups excluding carboxylic acids is 7. The summed E-state index contributed by atoms with van der Waals surface area (Å²) in [6.45, 7) is 8.87. The third kappa shape index (κ3) is 33.6. The highest BCUT2D eigenvalue weighted by atomic mass is 32.2. The summed E-state index contributed by atoms with van der Waals surface area (Å²) >= 11 is 0. The van der Waals surface area contributed by atoms with Crippen molar-refractivity contribution in [1.29, 1.82) is 0 Å². The van der Waals surface area contributed by atoms with Crippen molar-refractivity contribution in [2.45, 2.75) is 297 Å². The van der Waals surface area contributed by atoms with Crippen LogP contribution in [-0.4, -0.2) is 163 Å². The first-order valence-electron chi connectivity index (χ1n) is 32.0. The molecular weight excluding hydrogens is 1160 g/mol. The molecule has 2 fully saturated rings. The van der Waals surface area contributed by atoms with Crippen LogP contribution in [0.3, 0.4) is 0 Å². The van der Waals surface area contributed by atoms with Gasteiger partial charge in [-0.1, -0.05) is 181 Å². The van der Waals surface area contributed by atoms with Crippen LogP contribution in [0.4, 0.5) is 0 Å². The third-order valence-corrected chi connectivity index (χ3v) is 18.8. The van der Waals surface area contributed by atoms with Crippen LogP contribution in [0, 0.1) is 5.92 Å². The summed E-state index contributed by atoms with van der Waals surface area (Å²) in [6.07, 6.45) is 15.6. The number of ether oxygens (including phenoxy) is 11. The van der Waals surface area contributed by atoms with E-state index in [4.69, 9.17) is 52.1 Å². The maximum Gasteiger partial charge on any atom is 0.305 e. The molecule has 9 atom stereocenters. The van der Waals surface area contributed by atoms with Crippen LogP contribution in [-0.2, 0) is 105 Å². The Bertz CT molecular complexity index is 2140. The fraction of sp³-hybridized carbons (Fsp3) is 0.887. The first-order valence-corrected chi connectivity index (χ1v) is 35.6. The van der Waals surface area contributed by atoms with E-state index in [9.17, 15) is 50.4 Å².